The van der Waals surface area contributed by atoms with Crippen LogP contribution in [0.4, 0.5) is 0 Å². The lowest BCUT2D eigenvalue weighted by Crippen LogP contribution is -2.35. The Morgan fingerprint density at radius 2 is 0.981 bits per heavy atom. The lowest BCUT2D eigenvalue weighted by molar-refractivity contribution is -0.148. The predicted molar refractivity (Wildman–Crippen MR) is 180 cm³/mol. The summed E-state index contributed by atoms with van der Waals surface area (Å²) in [4.78, 5) is 13.2. The molecule has 5 rings (SSSR count). The third-order valence-corrected chi connectivity index (χ3v) is 8.99. The van der Waals surface area contributed by atoms with Crippen molar-refractivity contribution in [3.05, 3.63) is 153 Å². The minimum absolute atomic E-state index is 0.113. The standard InChI is InChI=1S/C38H29N4O9P/c39-17-26-1-9-30(10-2-26)22-46-36-35(50-38(44)37(36)47-23-31-11-3-27(18-40)4-12-31)34(21-43)51-52(45,48-24-32-13-5-28(19-41)6-14-32)49-25-33-15-7-29(20-42)8-16-33/h1-16,34-35,43H,21-25H2. The molecule has 4 aromatic carbocycles. The van der Waals surface area contributed by atoms with Gasteiger partial charge in [-0.25, -0.2) is 9.36 Å². The highest BCUT2D eigenvalue weighted by Gasteiger charge is 2.46. The minimum atomic E-state index is -4.59. The highest BCUT2D eigenvalue weighted by atomic mass is 31.2. The Labute approximate surface area is 299 Å². The van der Waals surface area contributed by atoms with Gasteiger partial charge in [-0.1, -0.05) is 48.5 Å². The maximum Gasteiger partial charge on any atom is 0.475 e. The fourth-order valence-corrected chi connectivity index (χ4v) is 6.07. The molecular weight excluding hydrogens is 687 g/mol. The van der Waals surface area contributed by atoms with Gasteiger partial charge in [0.15, 0.2) is 11.9 Å². The molecule has 13 nitrogen and oxygen atoms in total. The number of ether oxygens (including phenoxy) is 3. The van der Waals surface area contributed by atoms with Crippen molar-refractivity contribution < 1.29 is 42.2 Å². The summed E-state index contributed by atoms with van der Waals surface area (Å²) in [6, 6.07) is 33.7. The molecule has 1 N–H and O–H groups in total. The zero-order valence-electron chi connectivity index (χ0n) is 27.4. The van der Waals surface area contributed by atoms with E-state index in [2.05, 4.69) is 0 Å². The van der Waals surface area contributed by atoms with Crippen LogP contribution in [0.5, 0.6) is 0 Å². The third-order valence-electron chi connectivity index (χ3n) is 7.57. The van der Waals surface area contributed by atoms with Crippen LogP contribution in [0.2, 0.25) is 0 Å². The van der Waals surface area contributed by atoms with E-state index in [-0.39, 0.29) is 37.9 Å². The summed E-state index contributed by atoms with van der Waals surface area (Å²) in [6.45, 7) is -1.63. The van der Waals surface area contributed by atoms with Gasteiger partial charge in [0.25, 0.3) is 0 Å². The van der Waals surface area contributed by atoms with Crippen molar-refractivity contribution >= 4 is 13.8 Å². The number of carbonyl (C=O) groups is 1. The maximum absolute atomic E-state index is 14.2. The van der Waals surface area contributed by atoms with Crippen LogP contribution in [-0.2, 0) is 63.6 Å². The first kappa shape index (κ1) is 37.0. The van der Waals surface area contributed by atoms with E-state index >= 15 is 0 Å². The molecule has 260 valence electrons. The molecule has 4 aromatic rings. The summed E-state index contributed by atoms with van der Waals surface area (Å²) < 4.78 is 49.0. The number of hydrogen-bond donors (Lipinski definition) is 1. The molecule has 2 atom stereocenters. The summed E-state index contributed by atoms with van der Waals surface area (Å²) in [5.41, 5.74) is 3.98. The second-order valence-corrected chi connectivity index (χ2v) is 12.8. The molecule has 0 aromatic heterocycles. The maximum atomic E-state index is 14.2. The first-order valence-electron chi connectivity index (χ1n) is 15.6. The van der Waals surface area contributed by atoms with Crippen LogP contribution in [-0.4, -0.2) is 29.9 Å². The normalized spacial score (nSPS) is 14.3. The summed E-state index contributed by atoms with van der Waals surface area (Å²) in [5, 5.41) is 47.1. The average molecular weight is 717 g/mol. The van der Waals surface area contributed by atoms with Gasteiger partial charge in [-0.05, 0) is 70.8 Å². The Morgan fingerprint density at radius 3 is 1.35 bits per heavy atom. The van der Waals surface area contributed by atoms with Gasteiger partial charge in [0.1, 0.15) is 19.3 Å². The third kappa shape index (κ3) is 9.69. The van der Waals surface area contributed by atoms with E-state index < -0.39 is 32.6 Å². The average Bonchev–Trinajstić information content (AvgIpc) is 3.51. The number of esters is 1. The largest absolute Gasteiger partial charge is 0.485 e. The zero-order chi connectivity index (χ0) is 36.9. The number of rotatable bonds is 16. The molecular formula is C38H29N4O9P. The molecule has 1 aliphatic heterocycles. The van der Waals surface area contributed by atoms with Crippen molar-refractivity contribution in [3.8, 4) is 24.3 Å². The van der Waals surface area contributed by atoms with Crippen LogP contribution in [0, 0.1) is 45.3 Å². The molecule has 14 heteroatoms. The summed E-state index contributed by atoms with van der Waals surface area (Å²) in [7, 11) is -4.59. The number of carbonyl (C=O) groups excluding carboxylic acids is 1. The molecule has 1 heterocycles. The van der Waals surface area contributed by atoms with Gasteiger partial charge in [-0.15, -0.1) is 0 Å². The van der Waals surface area contributed by atoms with Crippen molar-refractivity contribution in [2.45, 2.75) is 38.6 Å². The molecule has 0 bridgehead atoms. The van der Waals surface area contributed by atoms with Crippen LogP contribution in [0.15, 0.2) is 109 Å². The zero-order valence-corrected chi connectivity index (χ0v) is 28.3. The van der Waals surface area contributed by atoms with Gasteiger partial charge in [0.05, 0.1) is 66.4 Å². The number of cyclic esters (lactones) is 1. The molecule has 0 saturated heterocycles. The summed E-state index contributed by atoms with van der Waals surface area (Å²) in [5.74, 6) is -1.42. The van der Waals surface area contributed by atoms with Crippen molar-refractivity contribution in [1.82, 2.24) is 0 Å². The van der Waals surface area contributed by atoms with Gasteiger partial charge in [-0.3, -0.25) is 13.6 Å². The second-order valence-electron chi connectivity index (χ2n) is 11.2. The molecule has 0 radical (unpaired) electrons. The number of hydrogen-bond acceptors (Lipinski definition) is 13. The smallest absolute Gasteiger partial charge is 0.475 e. The Morgan fingerprint density at radius 1 is 0.615 bits per heavy atom. The number of aliphatic hydroxyl groups excluding tert-OH is 1. The monoisotopic (exact) mass is 716 g/mol. The van der Waals surface area contributed by atoms with Crippen LogP contribution in [0.25, 0.3) is 0 Å². The molecule has 1 aliphatic rings. The highest BCUT2D eigenvalue weighted by Crippen LogP contribution is 2.53. The number of benzene rings is 4. The fraction of sp³-hybridized carbons (Fsp3) is 0.184. The molecule has 0 fully saturated rings. The first-order valence-corrected chi connectivity index (χ1v) is 17.1. The van der Waals surface area contributed by atoms with E-state index in [1.165, 1.54) is 0 Å². The van der Waals surface area contributed by atoms with E-state index in [9.17, 15) is 14.5 Å². The number of nitrogens with zero attached hydrogens (tertiary/aromatic N) is 4. The van der Waals surface area contributed by atoms with Gasteiger partial charge in [0, 0.05) is 0 Å². The van der Waals surface area contributed by atoms with E-state index in [1.54, 1.807) is 97.1 Å². The lowest BCUT2D eigenvalue weighted by Gasteiger charge is -2.27. The SMILES string of the molecule is N#Cc1ccc(COC2=C(OCc3ccc(C#N)cc3)C(C(CO)OP(=O)(OCc3ccc(C#N)cc3)OCc3ccc(C#N)cc3)OC2=O)cc1. The van der Waals surface area contributed by atoms with Crippen LogP contribution < -0.4 is 0 Å². The predicted octanol–water partition coefficient (Wildman–Crippen LogP) is 5.96. The van der Waals surface area contributed by atoms with Crippen molar-refractivity contribution in [1.29, 1.82) is 21.0 Å². The number of phosphoric ester groups is 1. The van der Waals surface area contributed by atoms with E-state index in [1.807, 2.05) is 24.3 Å². The molecule has 52 heavy (non-hydrogen) atoms. The number of phosphoric acid groups is 1. The molecule has 0 aliphatic carbocycles. The Hall–Kier alpha value is -6.28. The van der Waals surface area contributed by atoms with Crippen molar-refractivity contribution in [2.24, 2.45) is 0 Å². The fourth-order valence-electron chi connectivity index (χ4n) is 4.75. The first-order chi connectivity index (χ1) is 25.3. The van der Waals surface area contributed by atoms with E-state index in [4.69, 9.17) is 48.8 Å². The van der Waals surface area contributed by atoms with Gasteiger partial charge in [-0.2, -0.15) is 21.0 Å². The van der Waals surface area contributed by atoms with Crippen molar-refractivity contribution in [2.75, 3.05) is 6.61 Å². The van der Waals surface area contributed by atoms with Crippen LogP contribution in [0.1, 0.15) is 44.5 Å². The summed E-state index contributed by atoms with van der Waals surface area (Å²) in [6.07, 6.45) is -3.03. The molecule has 0 saturated carbocycles. The Bertz CT molecular complexity index is 2060. The van der Waals surface area contributed by atoms with Crippen LogP contribution >= 0.6 is 7.82 Å². The number of nitriles is 4. The quantitative estimate of drug-likeness (QED) is 0.105. The topological polar surface area (TPSA) is 205 Å². The van der Waals surface area contributed by atoms with Gasteiger partial charge in [0.2, 0.25) is 5.76 Å². The molecule has 0 spiro atoms. The molecule has 0 amide bonds. The van der Waals surface area contributed by atoms with Gasteiger partial charge < -0.3 is 19.3 Å². The Balaban J connectivity index is 1.42. The summed E-state index contributed by atoms with van der Waals surface area (Å²) >= 11 is 0. The lowest BCUT2D eigenvalue weighted by atomic mass is 10.1. The minimum Gasteiger partial charge on any atom is -0.485 e. The Kier molecular flexibility index (Phi) is 12.5. The van der Waals surface area contributed by atoms with Gasteiger partial charge >= 0.3 is 13.8 Å². The molecule has 2 unspecified atom stereocenters. The number of aliphatic hydroxyl groups is 1. The van der Waals surface area contributed by atoms with Crippen LogP contribution in [0.3, 0.4) is 0 Å². The van der Waals surface area contributed by atoms with Crippen molar-refractivity contribution in [3.63, 3.8) is 0 Å². The second kappa shape index (κ2) is 17.6. The van der Waals surface area contributed by atoms with E-state index in [0.29, 0.717) is 44.5 Å². The highest BCUT2D eigenvalue weighted by molar-refractivity contribution is 7.48. The van der Waals surface area contributed by atoms with E-state index in [0.717, 1.165) is 0 Å².